The number of hydrogen-bond acceptors (Lipinski definition) is 7. The molecule has 3 rings (SSSR count). The van der Waals surface area contributed by atoms with Crippen molar-refractivity contribution in [1.29, 1.82) is 0 Å². The van der Waals surface area contributed by atoms with Crippen molar-refractivity contribution in [2.45, 2.75) is 13.3 Å². The van der Waals surface area contributed by atoms with Gasteiger partial charge in [-0.05, 0) is 30.7 Å². The van der Waals surface area contributed by atoms with E-state index in [2.05, 4.69) is 0 Å². The Labute approximate surface area is 138 Å². The molecule has 1 aliphatic heterocycles. The molecule has 0 aliphatic carbocycles. The van der Waals surface area contributed by atoms with Crippen LogP contribution in [0.15, 0.2) is 28.7 Å². The van der Waals surface area contributed by atoms with Crippen molar-refractivity contribution in [3.05, 3.63) is 30.1 Å². The molecule has 1 fully saturated rings. The molecule has 0 amide bonds. The van der Waals surface area contributed by atoms with E-state index in [1.807, 2.05) is 0 Å². The molecule has 1 aromatic heterocycles. The molecule has 0 unspecified atom stereocenters. The van der Waals surface area contributed by atoms with Gasteiger partial charge in [0.15, 0.2) is 5.76 Å². The van der Waals surface area contributed by atoms with Gasteiger partial charge in [0.05, 0.1) is 5.75 Å². The number of esters is 1. The summed E-state index contributed by atoms with van der Waals surface area (Å²) in [7, 11) is -3.11. The predicted molar refractivity (Wildman–Crippen MR) is 86.8 cm³/mol. The molecule has 24 heavy (non-hydrogen) atoms. The minimum Gasteiger partial charge on any atom is -0.502 e. The molecule has 1 aliphatic rings. The molecule has 1 aromatic carbocycles. The van der Waals surface area contributed by atoms with E-state index in [1.54, 1.807) is 0 Å². The SMILES string of the molecule is CC(=O)Oc1c(N2CCCS2(O)O)oc(-c2ccc(F)cc2)c1O. The Balaban J connectivity index is 2.12. The predicted octanol–water partition coefficient (Wildman–Crippen LogP) is 3.59. The second-order valence-corrected chi connectivity index (χ2v) is 7.42. The third-order valence-corrected chi connectivity index (χ3v) is 5.42. The Kier molecular flexibility index (Phi) is 4.16. The third-order valence-electron chi connectivity index (χ3n) is 3.53. The fraction of sp³-hybridized carbons (Fsp3) is 0.267. The van der Waals surface area contributed by atoms with Gasteiger partial charge in [-0.15, -0.1) is 10.8 Å². The van der Waals surface area contributed by atoms with E-state index in [0.717, 1.165) is 6.92 Å². The lowest BCUT2D eigenvalue weighted by atomic mass is 10.1. The number of carbonyl (C=O) groups is 1. The zero-order chi connectivity index (χ0) is 17.5. The van der Waals surface area contributed by atoms with E-state index < -0.39 is 28.3 Å². The zero-order valence-electron chi connectivity index (χ0n) is 12.7. The largest absolute Gasteiger partial charge is 0.502 e. The molecule has 0 bridgehead atoms. The van der Waals surface area contributed by atoms with Gasteiger partial charge in [-0.1, -0.05) is 0 Å². The van der Waals surface area contributed by atoms with Crippen LogP contribution < -0.4 is 9.04 Å². The summed E-state index contributed by atoms with van der Waals surface area (Å²) >= 11 is 0. The molecule has 0 spiro atoms. The van der Waals surface area contributed by atoms with Crippen molar-refractivity contribution in [1.82, 2.24) is 0 Å². The molecule has 0 radical (unpaired) electrons. The molecule has 2 heterocycles. The first-order valence-electron chi connectivity index (χ1n) is 7.13. The molecule has 7 nitrogen and oxygen atoms in total. The van der Waals surface area contributed by atoms with Crippen LogP contribution in [0.1, 0.15) is 13.3 Å². The minimum absolute atomic E-state index is 0.0525. The summed E-state index contributed by atoms with van der Waals surface area (Å²) < 4.78 is 45.0. The maximum Gasteiger partial charge on any atom is 0.308 e. The molecule has 1 saturated heterocycles. The van der Waals surface area contributed by atoms with Crippen LogP contribution >= 0.6 is 10.8 Å². The first-order chi connectivity index (χ1) is 11.3. The van der Waals surface area contributed by atoms with Crippen LogP contribution in [-0.4, -0.2) is 32.5 Å². The number of aromatic hydroxyl groups is 1. The Morgan fingerprint density at radius 1 is 1.33 bits per heavy atom. The molecule has 9 heteroatoms. The van der Waals surface area contributed by atoms with Crippen molar-refractivity contribution in [2.75, 3.05) is 16.6 Å². The van der Waals surface area contributed by atoms with Gasteiger partial charge in [-0.2, -0.15) is 0 Å². The second kappa shape index (κ2) is 6.00. The van der Waals surface area contributed by atoms with Gasteiger partial charge in [0.1, 0.15) is 5.82 Å². The van der Waals surface area contributed by atoms with Crippen LogP contribution in [0.4, 0.5) is 10.3 Å². The monoisotopic (exact) mass is 357 g/mol. The smallest absolute Gasteiger partial charge is 0.308 e. The van der Waals surface area contributed by atoms with Crippen molar-refractivity contribution < 1.29 is 32.6 Å². The number of anilines is 1. The minimum atomic E-state index is -3.11. The van der Waals surface area contributed by atoms with Crippen LogP contribution in [0.5, 0.6) is 11.5 Å². The lowest BCUT2D eigenvalue weighted by Gasteiger charge is -2.36. The summed E-state index contributed by atoms with van der Waals surface area (Å²) in [6, 6.07) is 5.15. The van der Waals surface area contributed by atoms with Gasteiger partial charge in [0, 0.05) is 19.0 Å². The highest BCUT2D eigenvalue weighted by molar-refractivity contribution is 8.25. The lowest BCUT2D eigenvalue weighted by Crippen LogP contribution is -2.22. The molecular formula is C15H16FNO6S. The summed E-state index contributed by atoms with van der Waals surface area (Å²) in [5, 5.41) is 10.4. The van der Waals surface area contributed by atoms with Crippen molar-refractivity contribution in [2.24, 2.45) is 0 Å². The topological polar surface area (TPSA) is 103 Å². The molecule has 3 N–H and O–H groups in total. The first kappa shape index (κ1) is 16.6. The van der Waals surface area contributed by atoms with Gasteiger partial charge in [0.25, 0.3) is 5.88 Å². The number of benzene rings is 1. The number of halogens is 1. The average molecular weight is 357 g/mol. The summed E-state index contributed by atoms with van der Waals surface area (Å²) in [4.78, 5) is 11.3. The van der Waals surface area contributed by atoms with Gasteiger partial charge >= 0.3 is 5.97 Å². The van der Waals surface area contributed by atoms with Crippen molar-refractivity contribution in [3.8, 4) is 22.8 Å². The lowest BCUT2D eigenvalue weighted by molar-refractivity contribution is -0.132. The molecule has 0 atom stereocenters. The van der Waals surface area contributed by atoms with Gasteiger partial charge < -0.3 is 14.3 Å². The second-order valence-electron chi connectivity index (χ2n) is 5.31. The third kappa shape index (κ3) is 2.93. The van der Waals surface area contributed by atoms with E-state index in [0.29, 0.717) is 12.0 Å². The molecule has 2 aromatic rings. The highest BCUT2D eigenvalue weighted by atomic mass is 32.3. The highest BCUT2D eigenvalue weighted by Gasteiger charge is 2.37. The maximum atomic E-state index is 13.1. The Hall–Kier alpha value is -2.23. The van der Waals surface area contributed by atoms with E-state index >= 15 is 0 Å². The van der Waals surface area contributed by atoms with Gasteiger partial charge in [0.2, 0.25) is 11.5 Å². The normalized spacial score (nSPS) is 17.8. The summed E-state index contributed by atoms with van der Waals surface area (Å²) in [6.45, 7) is 1.42. The quantitative estimate of drug-likeness (QED) is 0.721. The van der Waals surface area contributed by atoms with Gasteiger partial charge in [-0.3, -0.25) is 13.9 Å². The van der Waals surface area contributed by atoms with Crippen molar-refractivity contribution >= 4 is 22.6 Å². The number of rotatable bonds is 3. The summed E-state index contributed by atoms with van der Waals surface area (Å²) in [5.74, 6) is -1.95. The van der Waals surface area contributed by atoms with Crippen LogP contribution in [0.25, 0.3) is 11.3 Å². The fourth-order valence-corrected chi connectivity index (χ4v) is 4.03. The average Bonchev–Trinajstić information content (AvgIpc) is 3.00. The zero-order valence-corrected chi connectivity index (χ0v) is 13.5. The molecule has 130 valence electrons. The Morgan fingerprint density at radius 3 is 2.54 bits per heavy atom. The van der Waals surface area contributed by atoms with Crippen LogP contribution in [0, 0.1) is 5.82 Å². The number of carbonyl (C=O) groups excluding carboxylic acids is 1. The Morgan fingerprint density at radius 2 is 2.00 bits per heavy atom. The first-order valence-corrected chi connectivity index (χ1v) is 8.80. The van der Waals surface area contributed by atoms with E-state index in [9.17, 15) is 23.4 Å². The highest BCUT2D eigenvalue weighted by Crippen LogP contribution is 2.57. The summed E-state index contributed by atoms with van der Waals surface area (Å²) in [5.41, 5.74) is 0.351. The van der Waals surface area contributed by atoms with Crippen molar-refractivity contribution in [3.63, 3.8) is 0 Å². The fourth-order valence-electron chi connectivity index (χ4n) is 2.49. The number of furan rings is 1. The van der Waals surface area contributed by atoms with E-state index in [4.69, 9.17) is 9.15 Å². The van der Waals surface area contributed by atoms with Crippen LogP contribution in [0.3, 0.4) is 0 Å². The van der Waals surface area contributed by atoms with Gasteiger partial charge in [-0.25, -0.2) is 8.70 Å². The van der Waals surface area contributed by atoms with E-state index in [-0.39, 0.29) is 29.7 Å². The molecular weight excluding hydrogens is 341 g/mol. The summed E-state index contributed by atoms with van der Waals surface area (Å²) in [6.07, 6.45) is 0.509. The number of ether oxygens (including phenoxy) is 1. The Bertz CT molecular complexity index is 773. The number of hydrogen-bond donors (Lipinski definition) is 3. The maximum absolute atomic E-state index is 13.1. The van der Waals surface area contributed by atoms with Crippen LogP contribution in [-0.2, 0) is 4.79 Å². The standard InChI is InChI=1S/C15H16FNO6S/c1-9(18)22-14-12(19)13(10-3-5-11(16)6-4-10)23-15(14)17-7-2-8-24(17,20)21/h3-6,19-21H,2,7-8H2,1H3. The van der Waals surface area contributed by atoms with Crippen LogP contribution in [0.2, 0.25) is 0 Å². The molecule has 0 saturated carbocycles. The number of nitrogens with zero attached hydrogens (tertiary/aromatic N) is 1. The van der Waals surface area contributed by atoms with E-state index in [1.165, 1.54) is 28.6 Å².